The van der Waals surface area contributed by atoms with Crippen molar-refractivity contribution in [2.75, 3.05) is 13.1 Å². The van der Waals surface area contributed by atoms with Crippen LogP contribution in [0.25, 0.3) is 0 Å². The van der Waals surface area contributed by atoms with Gasteiger partial charge in [0.1, 0.15) is 4.75 Å². The second-order valence-electron chi connectivity index (χ2n) is 7.33. The minimum Gasteiger partial charge on any atom is -0.598 e. The van der Waals surface area contributed by atoms with E-state index in [9.17, 15) is 4.55 Å². The largest absolute Gasteiger partial charge is 0.598 e. The molecule has 1 aromatic heterocycles. The molecule has 0 bridgehead atoms. The van der Waals surface area contributed by atoms with Crippen LogP contribution in [0.15, 0.2) is 18.3 Å². The molecule has 0 aromatic carbocycles. The first-order chi connectivity index (χ1) is 9.91. The summed E-state index contributed by atoms with van der Waals surface area (Å²) < 4.78 is 15.7. The third-order valence-electron chi connectivity index (χ3n) is 4.74. The van der Waals surface area contributed by atoms with E-state index >= 15 is 0 Å². The molecule has 2 N–H and O–H groups in total. The molecule has 2 heterocycles. The first-order valence-corrected chi connectivity index (χ1v) is 8.87. The molecule has 1 aliphatic heterocycles. The van der Waals surface area contributed by atoms with E-state index in [-0.39, 0.29) is 16.2 Å². The highest BCUT2D eigenvalue weighted by molar-refractivity contribution is 7.90. The second-order valence-corrected chi connectivity index (χ2v) is 9.33. The van der Waals surface area contributed by atoms with Gasteiger partial charge in [0, 0.05) is 35.2 Å². The molecule has 3 rings (SSSR count). The molecule has 0 radical (unpaired) electrons. The maximum atomic E-state index is 12.5. The van der Waals surface area contributed by atoms with Gasteiger partial charge < -0.3 is 9.87 Å². The SMILES string of the molecule is CC(C)(C)[S@@+]([O-])NC1CNCCC12Cc1cccnc1C2. The van der Waals surface area contributed by atoms with Gasteiger partial charge >= 0.3 is 0 Å². The molecule has 1 aliphatic carbocycles. The number of hydrogen-bond donors (Lipinski definition) is 2. The zero-order valence-electron chi connectivity index (χ0n) is 13.1. The molecule has 1 saturated heterocycles. The molecule has 0 saturated carbocycles. The van der Waals surface area contributed by atoms with Crippen LogP contribution in [0.1, 0.15) is 38.4 Å². The Balaban J connectivity index is 1.80. The molecule has 4 nitrogen and oxygen atoms in total. The van der Waals surface area contributed by atoms with Crippen molar-refractivity contribution in [3.05, 3.63) is 29.6 Å². The van der Waals surface area contributed by atoms with Crippen LogP contribution in [0.2, 0.25) is 0 Å². The fraction of sp³-hybridized carbons (Fsp3) is 0.688. The monoisotopic (exact) mass is 307 g/mol. The summed E-state index contributed by atoms with van der Waals surface area (Å²) in [5.41, 5.74) is 2.77. The lowest BCUT2D eigenvalue weighted by molar-refractivity contribution is 0.164. The average molecular weight is 307 g/mol. The van der Waals surface area contributed by atoms with Crippen LogP contribution in [-0.2, 0) is 24.2 Å². The Morgan fingerprint density at radius 1 is 1.43 bits per heavy atom. The van der Waals surface area contributed by atoms with Gasteiger partial charge in [0.2, 0.25) is 0 Å². The number of hydrogen-bond acceptors (Lipinski definition) is 4. The lowest BCUT2D eigenvalue weighted by Gasteiger charge is -2.42. The van der Waals surface area contributed by atoms with Gasteiger partial charge in [-0.25, -0.2) is 0 Å². The highest BCUT2D eigenvalue weighted by Gasteiger charge is 2.48. The minimum absolute atomic E-state index is 0.169. The normalized spacial score (nSPS) is 30.4. The fourth-order valence-corrected chi connectivity index (χ4v) is 4.38. The molecule has 2 aliphatic rings. The third-order valence-corrected chi connectivity index (χ3v) is 6.35. The number of nitrogens with zero attached hydrogens (tertiary/aromatic N) is 1. The molecular weight excluding hydrogens is 282 g/mol. The quantitative estimate of drug-likeness (QED) is 0.815. The molecule has 0 amide bonds. The van der Waals surface area contributed by atoms with Gasteiger partial charge in [-0.15, -0.1) is 4.72 Å². The van der Waals surface area contributed by atoms with E-state index in [1.54, 1.807) is 0 Å². The van der Waals surface area contributed by atoms with Crippen LogP contribution in [0.3, 0.4) is 0 Å². The van der Waals surface area contributed by atoms with Crippen molar-refractivity contribution in [1.82, 2.24) is 15.0 Å². The van der Waals surface area contributed by atoms with Crippen molar-refractivity contribution in [2.45, 2.75) is 50.8 Å². The third kappa shape index (κ3) is 2.97. The molecule has 5 heteroatoms. The fourth-order valence-electron chi connectivity index (χ4n) is 3.44. The Morgan fingerprint density at radius 2 is 2.24 bits per heavy atom. The van der Waals surface area contributed by atoms with Gasteiger partial charge in [0.25, 0.3) is 0 Å². The minimum atomic E-state index is -1.03. The van der Waals surface area contributed by atoms with E-state index in [4.69, 9.17) is 0 Å². The van der Waals surface area contributed by atoms with Crippen LogP contribution < -0.4 is 10.0 Å². The lowest BCUT2D eigenvalue weighted by atomic mass is 9.73. The van der Waals surface area contributed by atoms with Gasteiger partial charge in [0.05, 0.1) is 6.04 Å². The summed E-state index contributed by atoms with van der Waals surface area (Å²) >= 11 is -1.03. The Bertz CT molecular complexity index is 489. The number of nitrogens with one attached hydrogen (secondary N) is 2. The van der Waals surface area contributed by atoms with Crippen LogP contribution in [-0.4, -0.2) is 33.4 Å². The van der Waals surface area contributed by atoms with Crippen molar-refractivity contribution in [2.24, 2.45) is 5.41 Å². The molecule has 21 heavy (non-hydrogen) atoms. The van der Waals surface area contributed by atoms with Crippen molar-refractivity contribution in [3.8, 4) is 0 Å². The standard InChI is InChI=1S/C16H25N3OS/c1-15(2,3)21(20)19-14-11-17-8-6-16(14)9-12-5-4-7-18-13(12)10-16/h4-5,7,14,17,19H,6,8-11H2,1-3H3/t14?,16?,21-/m1/s1. The summed E-state index contributed by atoms with van der Waals surface area (Å²) in [6.45, 7) is 7.97. The lowest BCUT2D eigenvalue weighted by Crippen LogP contribution is -2.60. The topological polar surface area (TPSA) is 60.0 Å². The Labute approximate surface area is 130 Å². The maximum absolute atomic E-state index is 12.5. The predicted molar refractivity (Wildman–Crippen MR) is 86.4 cm³/mol. The second kappa shape index (κ2) is 5.54. The van der Waals surface area contributed by atoms with Crippen LogP contribution in [0, 0.1) is 5.41 Å². The summed E-state index contributed by atoms with van der Waals surface area (Å²) in [7, 11) is 0. The van der Waals surface area contributed by atoms with E-state index in [0.717, 1.165) is 32.4 Å². The summed E-state index contributed by atoms with van der Waals surface area (Å²) in [6.07, 6.45) is 5.05. The Kier molecular flexibility index (Phi) is 4.03. The first-order valence-electron chi connectivity index (χ1n) is 7.72. The molecule has 2 unspecified atom stereocenters. The molecule has 3 atom stereocenters. The Hall–Kier alpha value is -0.620. The summed E-state index contributed by atoms with van der Waals surface area (Å²) in [5.74, 6) is 0. The zero-order valence-corrected chi connectivity index (χ0v) is 13.9. The van der Waals surface area contributed by atoms with Gasteiger partial charge in [-0.05, 0) is 58.2 Å². The van der Waals surface area contributed by atoms with Crippen molar-refractivity contribution >= 4 is 11.4 Å². The molecule has 1 fully saturated rings. The first kappa shape index (κ1) is 15.3. The van der Waals surface area contributed by atoms with E-state index in [2.05, 4.69) is 21.1 Å². The van der Waals surface area contributed by atoms with Crippen LogP contribution in [0.5, 0.6) is 0 Å². The Morgan fingerprint density at radius 3 is 2.95 bits per heavy atom. The van der Waals surface area contributed by atoms with Gasteiger partial charge in [0.15, 0.2) is 0 Å². The van der Waals surface area contributed by atoms with Gasteiger partial charge in [-0.2, -0.15) is 0 Å². The van der Waals surface area contributed by atoms with Crippen LogP contribution in [0.4, 0.5) is 0 Å². The smallest absolute Gasteiger partial charge is 0.136 e. The van der Waals surface area contributed by atoms with Crippen molar-refractivity contribution < 1.29 is 4.55 Å². The summed E-state index contributed by atoms with van der Waals surface area (Å²) in [5, 5.41) is 3.45. The van der Waals surface area contributed by atoms with E-state index in [0.29, 0.717) is 0 Å². The summed E-state index contributed by atoms with van der Waals surface area (Å²) in [4.78, 5) is 4.55. The number of fused-ring (bicyclic) bond motifs is 1. The highest BCUT2D eigenvalue weighted by atomic mass is 32.2. The number of pyridine rings is 1. The molecular formula is C16H25N3OS. The number of rotatable bonds is 2. The highest BCUT2D eigenvalue weighted by Crippen LogP contribution is 2.43. The number of piperidine rings is 1. The van der Waals surface area contributed by atoms with Crippen LogP contribution >= 0.6 is 0 Å². The predicted octanol–water partition coefficient (Wildman–Crippen LogP) is 1.58. The van der Waals surface area contributed by atoms with Gasteiger partial charge in [-0.1, -0.05) is 6.07 Å². The molecule has 116 valence electrons. The average Bonchev–Trinajstić information content (AvgIpc) is 2.79. The summed E-state index contributed by atoms with van der Waals surface area (Å²) in [6, 6.07) is 4.45. The van der Waals surface area contributed by atoms with Crippen molar-refractivity contribution in [1.29, 1.82) is 0 Å². The number of aromatic nitrogens is 1. The van der Waals surface area contributed by atoms with Gasteiger partial charge in [-0.3, -0.25) is 4.98 Å². The maximum Gasteiger partial charge on any atom is 0.136 e. The van der Waals surface area contributed by atoms with E-state index in [1.807, 2.05) is 33.0 Å². The zero-order chi connectivity index (χ0) is 15.1. The van der Waals surface area contributed by atoms with E-state index < -0.39 is 11.4 Å². The van der Waals surface area contributed by atoms with E-state index in [1.165, 1.54) is 11.3 Å². The molecule has 1 spiro atoms. The van der Waals surface area contributed by atoms with Crippen molar-refractivity contribution in [3.63, 3.8) is 0 Å². The molecule has 1 aromatic rings.